The van der Waals surface area contributed by atoms with Gasteiger partial charge in [-0.05, 0) is 18.8 Å². The number of anilines is 1. The fraction of sp³-hybridized carbons (Fsp3) is 0.692. The minimum absolute atomic E-state index is 0.101. The van der Waals surface area contributed by atoms with Gasteiger partial charge in [0.2, 0.25) is 0 Å². The molecule has 0 atom stereocenters. The van der Waals surface area contributed by atoms with Crippen LogP contribution in [0.2, 0.25) is 0 Å². The zero-order chi connectivity index (χ0) is 13.0. The topological polar surface area (TPSA) is 58.0 Å². The second kappa shape index (κ2) is 5.96. The van der Waals surface area contributed by atoms with E-state index in [4.69, 9.17) is 5.11 Å². The normalized spacial score (nSPS) is 11.3. The summed E-state index contributed by atoms with van der Waals surface area (Å²) in [6, 6.07) is 0. The minimum atomic E-state index is 0.101. The zero-order valence-electron chi connectivity index (χ0n) is 11.4. The summed E-state index contributed by atoms with van der Waals surface area (Å²) in [6.07, 6.45) is 0. The van der Waals surface area contributed by atoms with Crippen LogP contribution in [0, 0.1) is 6.92 Å². The quantitative estimate of drug-likeness (QED) is 0.826. The van der Waals surface area contributed by atoms with Gasteiger partial charge >= 0.3 is 0 Å². The van der Waals surface area contributed by atoms with E-state index < -0.39 is 0 Å². The Morgan fingerprint density at radius 1 is 1.06 bits per heavy atom. The Labute approximate surface area is 103 Å². The van der Waals surface area contributed by atoms with Gasteiger partial charge in [-0.2, -0.15) is 0 Å². The number of hydrogen-bond donors (Lipinski definition) is 2. The fourth-order valence-electron chi connectivity index (χ4n) is 1.80. The molecule has 0 aliphatic carbocycles. The van der Waals surface area contributed by atoms with Crippen molar-refractivity contribution in [3.8, 4) is 0 Å². The van der Waals surface area contributed by atoms with Gasteiger partial charge < -0.3 is 10.4 Å². The first-order valence-corrected chi connectivity index (χ1v) is 6.20. The van der Waals surface area contributed by atoms with Crippen LogP contribution in [-0.4, -0.2) is 28.2 Å². The number of aliphatic hydroxyl groups excluding tert-OH is 1. The number of aromatic nitrogens is 2. The molecule has 0 amide bonds. The number of nitrogens with zero attached hydrogens (tertiary/aromatic N) is 2. The number of hydrogen-bond acceptors (Lipinski definition) is 4. The molecule has 0 aliphatic heterocycles. The zero-order valence-corrected chi connectivity index (χ0v) is 11.4. The standard InChI is InChI=1S/C13H23N3O/c1-8(2)11-10(5)15-12(9(3)4)13(16-11)14-6-7-17/h8-9,17H,6-7H2,1-5H3,(H,14,16). The summed E-state index contributed by atoms with van der Waals surface area (Å²) < 4.78 is 0. The lowest BCUT2D eigenvalue weighted by atomic mass is 10.1. The van der Waals surface area contributed by atoms with E-state index in [2.05, 4.69) is 43.0 Å². The van der Waals surface area contributed by atoms with Crippen LogP contribution >= 0.6 is 0 Å². The van der Waals surface area contributed by atoms with Crippen molar-refractivity contribution in [1.29, 1.82) is 0 Å². The molecule has 2 N–H and O–H groups in total. The average Bonchev–Trinajstić information content (AvgIpc) is 2.26. The summed E-state index contributed by atoms with van der Waals surface area (Å²) in [5, 5.41) is 12.0. The van der Waals surface area contributed by atoms with Gasteiger partial charge in [-0.25, -0.2) is 4.98 Å². The molecule has 4 heteroatoms. The molecule has 0 saturated heterocycles. The molecular formula is C13H23N3O. The smallest absolute Gasteiger partial charge is 0.148 e. The third-order valence-electron chi connectivity index (χ3n) is 2.63. The molecule has 1 rings (SSSR count). The molecule has 0 bridgehead atoms. The van der Waals surface area contributed by atoms with E-state index in [-0.39, 0.29) is 6.61 Å². The van der Waals surface area contributed by atoms with Crippen molar-refractivity contribution < 1.29 is 5.11 Å². The summed E-state index contributed by atoms with van der Waals surface area (Å²) in [5.74, 6) is 1.49. The lowest BCUT2D eigenvalue weighted by Gasteiger charge is -2.17. The largest absolute Gasteiger partial charge is 0.395 e. The fourth-order valence-corrected chi connectivity index (χ4v) is 1.80. The molecule has 0 aromatic carbocycles. The van der Waals surface area contributed by atoms with Crippen LogP contribution in [0.15, 0.2) is 0 Å². The van der Waals surface area contributed by atoms with E-state index in [1.807, 2.05) is 6.92 Å². The third kappa shape index (κ3) is 3.40. The minimum Gasteiger partial charge on any atom is -0.395 e. The Morgan fingerprint density at radius 3 is 2.12 bits per heavy atom. The summed E-state index contributed by atoms with van der Waals surface area (Å²) in [4.78, 5) is 9.29. The molecule has 4 nitrogen and oxygen atoms in total. The lowest BCUT2D eigenvalue weighted by Crippen LogP contribution is -2.14. The predicted octanol–water partition coefficient (Wildman–Crippen LogP) is 2.44. The van der Waals surface area contributed by atoms with Crippen LogP contribution in [0.25, 0.3) is 0 Å². The first-order valence-electron chi connectivity index (χ1n) is 6.20. The molecule has 0 saturated carbocycles. The second-order valence-electron chi connectivity index (χ2n) is 4.89. The summed E-state index contributed by atoms with van der Waals surface area (Å²) >= 11 is 0. The van der Waals surface area contributed by atoms with Crippen molar-refractivity contribution >= 4 is 5.82 Å². The third-order valence-corrected chi connectivity index (χ3v) is 2.63. The molecule has 0 aliphatic rings. The monoisotopic (exact) mass is 237 g/mol. The highest BCUT2D eigenvalue weighted by Crippen LogP contribution is 2.24. The predicted molar refractivity (Wildman–Crippen MR) is 70.5 cm³/mol. The Morgan fingerprint density at radius 2 is 1.65 bits per heavy atom. The molecule has 1 aromatic heterocycles. The van der Waals surface area contributed by atoms with Gasteiger partial charge in [0.1, 0.15) is 5.82 Å². The Hall–Kier alpha value is -1.16. The average molecular weight is 237 g/mol. The van der Waals surface area contributed by atoms with Crippen LogP contribution < -0.4 is 5.32 Å². The van der Waals surface area contributed by atoms with Crippen LogP contribution in [0.1, 0.15) is 56.6 Å². The molecule has 0 unspecified atom stereocenters. The maximum absolute atomic E-state index is 8.88. The van der Waals surface area contributed by atoms with Crippen molar-refractivity contribution in [3.63, 3.8) is 0 Å². The van der Waals surface area contributed by atoms with Crippen molar-refractivity contribution in [3.05, 3.63) is 17.1 Å². The molecule has 17 heavy (non-hydrogen) atoms. The van der Waals surface area contributed by atoms with Gasteiger partial charge in [0.25, 0.3) is 0 Å². The molecule has 1 aromatic rings. The first-order chi connectivity index (χ1) is 7.97. The molecule has 0 radical (unpaired) electrons. The van der Waals surface area contributed by atoms with E-state index in [1.165, 1.54) is 0 Å². The summed E-state index contributed by atoms with van der Waals surface area (Å²) in [7, 11) is 0. The molecule has 1 heterocycles. The maximum atomic E-state index is 8.88. The Kier molecular flexibility index (Phi) is 4.87. The first kappa shape index (κ1) is 13.9. The highest BCUT2D eigenvalue weighted by Gasteiger charge is 2.15. The number of aryl methyl sites for hydroxylation is 1. The highest BCUT2D eigenvalue weighted by molar-refractivity contribution is 5.44. The van der Waals surface area contributed by atoms with Crippen molar-refractivity contribution in [2.75, 3.05) is 18.5 Å². The van der Waals surface area contributed by atoms with E-state index >= 15 is 0 Å². The van der Waals surface area contributed by atoms with E-state index in [9.17, 15) is 0 Å². The molecule has 0 spiro atoms. The number of aliphatic hydroxyl groups is 1. The van der Waals surface area contributed by atoms with Gasteiger partial charge in [-0.3, -0.25) is 4.98 Å². The summed E-state index contributed by atoms with van der Waals surface area (Å²) in [6.45, 7) is 11.0. The summed E-state index contributed by atoms with van der Waals surface area (Å²) in [5.41, 5.74) is 2.99. The second-order valence-corrected chi connectivity index (χ2v) is 4.89. The van der Waals surface area contributed by atoms with Gasteiger partial charge in [0.05, 0.1) is 23.7 Å². The molecule has 0 fully saturated rings. The van der Waals surface area contributed by atoms with E-state index in [1.54, 1.807) is 0 Å². The van der Waals surface area contributed by atoms with Gasteiger partial charge in [-0.15, -0.1) is 0 Å². The van der Waals surface area contributed by atoms with Crippen molar-refractivity contribution in [2.24, 2.45) is 0 Å². The highest BCUT2D eigenvalue weighted by atomic mass is 16.3. The maximum Gasteiger partial charge on any atom is 0.148 e. The molecular weight excluding hydrogens is 214 g/mol. The molecule has 96 valence electrons. The van der Waals surface area contributed by atoms with E-state index in [0.717, 1.165) is 22.9 Å². The van der Waals surface area contributed by atoms with E-state index in [0.29, 0.717) is 18.4 Å². The number of rotatable bonds is 5. The lowest BCUT2D eigenvalue weighted by molar-refractivity contribution is 0.311. The van der Waals surface area contributed by atoms with Crippen LogP contribution in [0.3, 0.4) is 0 Å². The number of nitrogens with one attached hydrogen (secondary N) is 1. The van der Waals surface area contributed by atoms with Gasteiger partial charge in [-0.1, -0.05) is 27.7 Å². The SMILES string of the molecule is Cc1nc(C(C)C)c(NCCO)nc1C(C)C. The van der Waals surface area contributed by atoms with Gasteiger partial charge in [0, 0.05) is 6.54 Å². The van der Waals surface area contributed by atoms with Gasteiger partial charge in [0.15, 0.2) is 0 Å². The van der Waals surface area contributed by atoms with Crippen molar-refractivity contribution in [1.82, 2.24) is 9.97 Å². The Bertz CT molecular complexity index is 375. The Balaban J connectivity index is 3.17. The van der Waals surface area contributed by atoms with Crippen LogP contribution in [0.5, 0.6) is 0 Å². The van der Waals surface area contributed by atoms with Crippen molar-refractivity contribution in [2.45, 2.75) is 46.5 Å². The van der Waals surface area contributed by atoms with Crippen LogP contribution in [-0.2, 0) is 0 Å². The van der Waals surface area contributed by atoms with Crippen LogP contribution in [0.4, 0.5) is 5.82 Å².